The molecule has 0 saturated carbocycles. The summed E-state index contributed by atoms with van der Waals surface area (Å²) in [5, 5.41) is 10.2. The summed E-state index contributed by atoms with van der Waals surface area (Å²) in [6.07, 6.45) is 3.12. The molecule has 8 heteroatoms. The van der Waals surface area contributed by atoms with E-state index in [1.165, 1.54) is 6.33 Å². The van der Waals surface area contributed by atoms with Crippen molar-refractivity contribution in [2.45, 2.75) is 26.7 Å². The van der Waals surface area contributed by atoms with Crippen LogP contribution >= 0.6 is 0 Å². The fraction of sp³-hybridized carbons (Fsp3) is 0.538. The van der Waals surface area contributed by atoms with E-state index in [1.807, 2.05) is 0 Å². The van der Waals surface area contributed by atoms with Crippen LogP contribution in [0.1, 0.15) is 25.1 Å². The maximum atomic E-state index is 5.38. The average Bonchev–Trinajstić information content (AvgIpc) is 2.90. The first kappa shape index (κ1) is 15.0. The molecule has 2 rings (SSSR count). The van der Waals surface area contributed by atoms with E-state index in [-0.39, 0.29) is 0 Å². The molecule has 0 spiro atoms. The van der Waals surface area contributed by atoms with Crippen LogP contribution in [-0.4, -0.2) is 40.3 Å². The van der Waals surface area contributed by atoms with Crippen molar-refractivity contribution in [2.75, 3.05) is 30.8 Å². The Morgan fingerprint density at radius 2 is 1.90 bits per heavy atom. The Hall–Kier alpha value is -2.38. The molecule has 2 aromatic rings. The van der Waals surface area contributed by atoms with Gasteiger partial charge in [0.05, 0.1) is 7.11 Å². The van der Waals surface area contributed by atoms with Crippen LogP contribution in [0, 0.1) is 6.92 Å². The second kappa shape index (κ2) is 7.41. The molecular formula is C13H20N6O2. The van der Waals surface area contributed by atoms with E-state index in [9.17, 15) is 0 Å². The number of hydrogen-bond donors (Lipinski definition) is 2. The van der Waals surface area contributed by atoms with E-state index in [1.54, 1.807) is 14.0 Å². The van der Waals surface area contributed by atoms with Crippen LogP contribution in [0.15, 0.2) is 10.9 Å². The number of nitrogens with zero attached hydrogens (tertiary/aromatic N) is 4. The molecule has 2 aromatic heterocycles. The third-order valence-electron chi connectivity index (χ3n) is 2.75. The fourth-order valence-electron chi connectivity index (χ4n) is 1.79. The first-order valence-corrected chi connectivity index (χ1v) is 6.90. The molecule has 8 nitrogen and oxygen atoms in total. The summed E-state index contributed by atoms with van der Waals surface area (Å²) >= 11 is 0. The zero-order valence-electron chi connectivity index (χ0n) is 12.5. The summed E-state index contributed by atoms with van der Waals surface area (Å²) in [5.74, 6) is 3.16. The van der Waals surface area contributed by atoms with Gasteiger partial charge in [-0.05, 0) is 13.3 Å². The highest BCUT2D eigenvalue weighted by molar-refractivity contribution is 5.63. The Kier molecular flexibility index (Phi) is 5.30. The Morgan fingerprint density at radius 3 is 2.48 bits per heavy atom. The zero-order chi connectivity index (χ0) is 15.1. The van der Waals surface area contributed by atoms with Crippen LogP contribution in [0.25, 0.3) is 0 Å². The van der Waals surface area contributed by atoms with Crippen molar-refractivity contribution in [1.82, 2.24) is 20.1 Å². The molecule has 0 bridgehead atoms. The highest BCUT2D eigenvalue weighted by Gasteiger charge is 2.11. The number of rotatable bonds is 8. The van der Waals surface area contributed by atoms with Crippen LogP contribution < -0.4 is 15.4 Å². The van der Waals surface area contributed by atoms with Crippen molar-refractivity contribution in [2.24, 2.45) is 0 Å². The van der Waals surface area contributed by atoms with Gasteiger partial charge >= 0.3 is 0 Å². The van der Waals surface area contributed by atoms with Gasteiger partial charge in [-0.25, -0.2) is 9.97 Å². The molecule has 0 aromatic carbocycles. The molecule has 2 N–H and O–H groups in total. The lowest BCUT2D eigenvalue weighted by Crippen LogP contribution is -2.11. The lowest BCUT2D eigenvalue weighted by atomic mass is 10.4. The molecule has 0 radical (unpaired) electrons. The molecule has 0 aliphatic heterocycles. The van der Waals surface area contributed by atoms with Crippen LogP contribution in [0.4, 0.5) is 11.6 Å². The van der Waals surface area contributed by atoms with Gasteiger partial charge in [0.25, 0.3) is 0 Å². The van der Waals surface area contributed by atoms with Gasteiger partial charge in [-0.3, -0.25) is 0 Å². The highest BCUT2D eigenvalue weighted by Crippen LogP contribution is 2.28. The smallest absolute Gasteiger partial charge is 0.228 e. The Bertz CT molecular complexity index is 572. The molecule has 0 amide bonds. The average molecular weight is 292 g/mol. The number of methoxy groups -OCH3 is 1. The summed E-state index contributed by atoms with van der Waals surface area (Å²) < 4.78 is 10.4. The molecule has 0 aliphatic carbocycles. The highest BCUT2D eigenvalue weighted by atomic mass is 16.5. The molecule has 2 heterocycles. The maximum Gasteiger partial charge on any atom is 0.228 e. The monoisotopic (exact) mass is 292 g/mol. The molecule has 0 saturated heterocycles. The summed E-state index contributed by atoms with van der Waals surface area (Å²) in [6.45, 7) is 5.32. The minimum Gasteiger partial charge on any atom is -0.490 e. The molecule has 0 fully saturated rings. The van der Waals surface area contributed by atoms with Crippen molar-refractivity contribution in [1.29, 1.82) is 0 Å². The predicted molar refractivity (Wildman–Crippen MR) is 78.6 cm³/mol. The quantitative estimate of drug-likeness (QED) is 0.758. The first-order valence-electron chi connectivity index (χ1n) is 6.90. The summed E-state index contributed by atoms with van der Waals surface area (Å²) in [5.41, 5.74) is 0. The van der Waals surface area contributed by atoms with E-state index in [2.05, 4.69) is 37.7 Å². The summed E-state index contributed by atoms with van der Waals surface area (Å²) in [7, 11) is 1.60. The van der Waals surface area contributed by atoms with Crippen LogP contribution in [-0.2, 0) is 6.42 Å². The van der Waals surface area contributed by atoms with Crippen molar-refractivity contribution in [3.05, 3.63) is 18.0 Å². The number of hydrogen-bond acceptors (Lipinski definition) is 8. The number of anilines is 2. The number of ether oxygens (including phenoxy) is 1. The lowest BCUT2D eigenvalue weighted by molar-refractivity contribution is 0.376. The van der Waals surface area contributed by atoms with Gasteiger partial charge in [-0.2, -0.15) is 4.98 Å². The maximum absolute atomic E-state index is 5.38. The Balaban J connectivity index is 1.98. The topological polar surface area (TPSA) is 98.0 Å². The van der Waals surface area contributed by atoms with Gasteiger partial charge in [-0.1, -0.05) is 12.1 Å². The standard InChI is InChI=1S/C13H20N6O2/c1-4-6-14-12-11(20-3)13(17-8-16-12)15-7-5-10-18-9(2)19-21-10/h8H,4-7H2,1-3H3,(H2,14,15,16,17). The molecular weight excluding hydrogens is 272 g/mol. The van der Waals surface area contributed by atoms with Gasteiger partial charge < -0.3 is 19.9 Å². The predicted octanol–water partition coefficient (Wildman–Crippen LogP) is 1.65. The number of aromatic nitrogens is 4. The Morgan fingerprint density at radius 1 is 1.19 bits per heavy atom. The molecule has 0 unspecified atom stereocenters. The van der Waals surface area contributed by atoms with Gasteiger partial charge in [0.1, 0.15) is 6.33 Å². The van der Waals surface area contributed by atoms with Crippen LogP contribution in [0.3, 0.4) is 0 Å². The van der Waals surface area contributed by atoms with Crippen LogP contribution in [0.5, 0.6) is 5.75 Å². The van der Waals surface area contributed by atoms with E-state index < -0.39 is 0 Å². The summed E-state index contributed by atoms with van der Waals surface area (Å²) in [6, 6.07) is 0. The van der Waals surface area contributed by atoms with Crippen molar-refractivity contribution in [3.63, 3.8) is 0 Å². The van der Waals surface area contributed by atoms with E-state index in [4.69, 9.17) is 9.26 Å². The van der Waals surface area contributed by atoms with Crippen LogP contribution in [0.2, 0.25) is 0 Å². The first-order chi connectivity index (χ1) is 10.2. The van der Waals surface area contributed by atoms with E-state index >= 15 is 0 Å². The van der Waals surface area contributed by atoms with Gasteiger partial charge in [-0.15, -0.1) is 0 Å². The molecule has 21 heavy (non-hydrogen) atoms. The molecule has 114 valence electrons. The van der Waals surface area contributed by atoms with Gasteiger partial charge in [0.2, 0.25) is 11.6 Å². The van der Waals surface area contributed by atoms with Gasteiger partial charge in [0.15, 0.2) is 17.5 Å². The third kappa shape index (κ3) is 4.04. The fourth-order valence-corrected chi connectivity index (χ4v) is 1.79. The van der Waals surface area contributed by atoms with Crippen molar-refractivity contribution >= 4 is 11.6 Å². The lowest BCUT2D eigenvalue weighted by Gasteiger charge is -2.13. The van der Waals surface area contributed by atoms with E-state index in [0.29, 0.717) is 42.1 Å². The minimum absolute atomic E-state index is 0.595. The van der Waals surface area contributed by atoms with Gasteiger partial charge in [0, 0.05) is 19.5 Å². The molecule has 0 atom stereocenters. The SMILES string of the molecule is CCCNc1ncnc(NCCc2nc(C)no2)c1OC. The zero-order valence-corrected chi connectivity index (χ0v) is 12.5. The largest absolute Gasteiger partial charge is 0.490 e. The normalized spacial score (nSPS) is 10.4. The van der Waals surface area contributed by atoms with Crippen molar-refractivity contribution in [3.8, 4) is 5.75 Å². The second-order valence-electron chi connectivity index (χ2n) is 4.44. The number of aryl methyl sites for hydroxylation is 1. The number of nitrogens with one attached hydrogen (secondary N) is 2. The molecule has 0 aliphatic rings. The van der Waals surface area contributed by atoms with E-state index in [0.717, 1.165) is 13.0 Å². The second-order valence-corrected chi connectivity index (χ2v) is 4.44. The van der Waals surface area contributed by atoms with Crippen molar-refractivity contribution < 1.29 is 9.26 Å². The summed E-state index contributed by atoms with van der Waals surface area (Å²) in [4.78, 5) is 12.5. The Labute approximate surface area is 123 Å². The minimum atomic E-state index is 0.595. The third-order valence-corrected chi connectivity index (χ3v) is 2.75.